The van der Waals surface area contributed by atoms with Gasteiger partial charge < -0.3 is 0 Å². The molecule has 4 atom stereocenters. The normalized spacial score (nSPS) is 37.2. The van der Waals surface area contributed by atoms with Gasteiger partial charge in [-0.3, -0.25) is 0 Å². The van der Waals surface area contributed by atoms with Crippen molar-refractivity contribution in [2.45, 2.75) is 51.6 Å². The molecule has 4 unspecified atom stereocenters. The summed E-state index contributed by atoms with van der Waals surface area (Å²) in [6, 6.07) is 0.0935. The van der Waals surface area contributed by atoms with Crippen molar-refractivity contribution in [1.29, 1.82) is 0 Å². The van der Waals surface area contributed by atoms with Gasteiger partial charge in [0, 0.05) is 0 Å². The first-order chi connectivity index (χ1) is 8.67. The molecule has 3 fully saturated rings. The highest BCUT2D eigenvalue weighted by atomic mass is 16.1. The van der Waals surface area contributed by atoms with Gasteiger partial charge in [0.15, 0.2) is 0 Å². The summed E-state index contributed by atoms with van der Waals surface area (Å²) in [5.41, 5.74) is 0. The molecule has 3 rings (SSSR count). The number of rotatable bonds is 4. The van der Waals surface area contributed by atoms with Gasteiger partial charge in [-0.05, 0) is 56.8 Å². The third-order valence-corrected chi connectivity index (χ3v) is 4.97. The molecule has 0 saturated heterocycles. The molecule has 3 saturated carbocycles. The van der Waals surface area contributed by atoms with E-state index in [2.05, 4.69) is 9.98 Å². The Morgan fingerprint density at radius 2 is 1.44 bits per heavy atom. The lowest BCUT2D eigenvalue weighted by molar-refractivity contribution is 0.0169. The summed E-state index contributed by atoms with van der Waals surface area (Å²) in [6.07, 6.45) is 8.13. The van der Waals surface area contributed by atoms with Crippen LogP contribution in [0.3, 0.4) is 0 Å². The van der Waals surface area contributed by atoms with E-state index in [4.69, 9.17) is 0 Å². The number of isocyanates is 2. The number of aliphatic imine (C=N–C) groups is 2. The Kier molecular flexibility index (Phi) is 4.11. The van der Waals surface area contributed by atoms with Crippen LogP contribution in [0, 0.1) is 23.7 Å². The third kappa shape index (κ3) is 2.45. The zero-order valence-corrected chi connectivity index (χ0v) is 11.0. The summed E-state index contributed by atoms with van der Waals surface area (Å²) >= 11 is 0. The van der Waals surface area contributed by atoms with Gasteiger partial charge in [-0.15, -0.1) is 0 Å². The van der Waals surface area contributed by atoms with Crippen LogP contribution in [0.1, 0.15) is 39.5 Å². The van der Waals surface area contributed by atoms with Crippen molar-refractivity contribution in [3.05, 3.63) is 0 Å². The summed E-state index contributed by atoms with van der Waals surface area (Å²) in [4.78, 5) is 28.6. The highest BCUT2D eigenvalue weighted by molar-refractivity contribution is 5.34. The second-order valence-electron chi connectivity index (χ2n) is 5.83. The summed E-state index contributed by atoms with van der Waals surface area (Å²) in [5, 5.41) is 0. The second-order valence-corrected chi connectivity index (χ2v) is 5.83. The third-order valence-electron chi connectivity index (χ3n) is 4.97. The van der Waals surface area contributed by atoms with E-state index in [1.54, 1.807) is 12.2 Å². The van der Waals surface area contributed by atoms with Gasteiger partial charge in [0.1, 0.15) is 0 Å². The van der Waals surface area contributed by atoms with Crippen LogP contribution in [0.5, 0.6) is 0 Å². The first-order valence-electron chi connectivity index (χ1n) is 6.81. The van der Waals surface area contributed by atoms with Gasteiger partial charge in [0.25, 0.3) is 0 Å². The molecule has 2 bridgehead atoms. The van der Waals surface area contributed by atoms with Gasteiger partial charge >= 0.3 is 0 Å². The van der Waals surface area contributed by atoms with E-state index in [1.807, 2.05) is 13.8 Å². The van der Waals surface area contributed by atoms with Crippen LogP contribution >= 0.6 is 0 Å². The summed E-state index contributed by atoms with van der Waals surface area (Å²) < 4.78 is 0. The monoisotopic (exact) mass is 248 g/mol. The molecular formula is C14H20N2O2. The van der Waals surface area contributed by atoms with Gasteiger partial charge in [-0.1, -0.05) is 6.42 Å². The van der Waals surface area contributed by atoms with E-state index < -0.39 is 0 Å². The highest BCUT2D eigenvalue weighted by Crippen LogP contribution is 2.51. The first kappa shape index (κ1) is 13.2. The Morgan fingerprint density at radius 1 is 0.944 bits per heavy atom. The van der Waals surface area contributed by atoms with Gasteiger partial charge in [-0.2, -0.15) is 0 Å². The van der Waals surface area contributed by atoms with E-state index in [0.717, 1.165) is 12.8 Å². The molecule has 0 heterocycles. The minimum Gasteiger partial charge on any atom is -0.211 e. The summed E-state index contributed by atoms with van der Waals surface area (Å²) in [6.45, 7) is 4.00. The average molecular weight is 248 g/mol. The molecular weight excluding hydrogens is 228 g/mol. The fourth-order valence-electron chi connectivity index (χ4n) is 4.09. The number of nitrogens with zero attached hydrogens (tertiary/aromatic N) is 2. The summed E-state index contributed by atoms with van der Waals surface area (Å²) in [7, 11) is 0. The van der Waals surface area contributed by atoms with Crippen LogP contribution in [-0.2, 0) is 9.59 Å². The van der Waals surface area contributed by atoms with E-state index in [0.29, 0.717) is 23.7 Å². The Balaban J connectivity index is 2.16. The molecule has 18 heavy (non-hydrogen) atoms. The maximum Gasteiger partial charge on any atom is 0.235 e. The molecule has 3 aliphatic carbocycles. The standard InChI is InChI=1S/C14H20N2O2/c1-9(15-7-17)13-5-11-3-4-12(13)14(6-11)10(2)16-8-18/h9-14H,3-6H2,1-2H3. The molecule has 0 spiro atoms. The van der Waals surface area contributed by atoms with Crippen molar-refractivity contribution < 1.29 is 9.59 Å². The lowest BCUT2D eigenvalue weighted by Gasteiger charge is -2.49. The fraction of sp³-hybridized carbons (Fsp3) is 0.857. The van der Waals surface area contributed by atoms with Crippen molar-refractivity contribution in [3.63, 3.8) is 0 Å². The fourth-order valence-corrected chi connectivity index (χ4v) is 4.09. The molecule has 4 nitrogen and oxygen atoms in total. The molecule has 98 valence electrons. The smallest absolute Gasteiger partial charge is 0.211 e. The average Bonchev–Trinajstić information content (AvgIpc) is 2.39. The van der Waals surface area contributed by atoms with Crippen molar-refractivity contribution in [2.75, 3.05) is 0 Å². The molecule has 0 radical (unpaired) electrons. The van der Waals surface area contributed by atoms with Crippen LogP contribution in [0.4, 0.5) is 0 Å². The van der Waals surface area contributed by atoms with Gasteiger partial charge in [0.2, 0.25) is 12.2 Å². The Hall–Kier alpha value is -1.24. The van der Waals surface area contributed by atoms with Crippen LogP contribution in [0.25, 0.3) is 0 Å². The van der Waals surface area contributed by atoms with Crippen molar-refractivity contribution >= 4 is 12.2 Å². The van der Waals surface area contributed by atoms with Crippen LogP contribution in [0.2, 0.25) is 0 Å². The number of carbonyl (C=O) groups excluding carboxylic acids is 2. The second kappa shape index (κ2) is 5.60. The maximum atomic E-state index is 10.4. The Labute approximate surface area is 108 Å². The Morgan fingerprint density at radius 3 is 1.83 bits per heavy atom. The van der Waals surface area contributed by atoms with Gasteiger partial charge in [-0.25, -0.2) is 19.6 Å². The highest BCUT2D eigenvalue weighted by Gasteiger charge is 2.45. The number of fused-ring (bicyclic) bond motifs is 3. The molecule has 0 aromatic heterocycles. The molecule has 0 aromatic carbocycles. The van der Waals surface area contributed by atoms with Gasteiger partial charge in [0.05, 0.1) is 12.1 Å². The molecule has 0 N–H and O–H groups in total. The zero-order valence-electron chi connectivity index (χ0n) is 11.0. The quantitative estimate of drug-likeness (QED) is 0.567. The predicted molar refractivity (Wildman–Crippen MR) is 67.6 cm³/mol. The van der Waals surface area contributed by atoms with Crippen molar-refractivity contribution in [1.82, 2.24) is 0 Å². The zero-order chi connectivity index (χ0) is 13.1. The molecule has 0 aliphatic heterocycles. The van der Waals surface area contributed by atoms with Crippen LogP contribution < -0.4 is 0 Å². The van der Waals surface area contributed by atoms with Crippen molar-refractivity contribution in [3.8, 4) is 0 Å². The minimum atomic E-state index is 0.0468. The predicted octanol–water partition coefficient (Wildman–Crippen LogP) is 2.49. The first-order valence-corrected chi connectivity index (χ1v) is 6.81. The molecule has 0 amide bonds. The summed E-state index contributed by atoms with van der Waals surface area (Å²) in [5.74, 6) is 2.15. The van der Waals surface area contributed by atoms with E-state index in [1.165, 1.54) is 12.8 Å². The maximum absolute atomic E-state index is 10.4. The lowest BCUT2D eigenvalue weighted by atomic mass is 9.56. The minimum absolute atomic E-state index is 0.0468. The topological polar surface area (TPSA) is 58.9 Å². The molecule has 3 aliphatic rings. The number of hydrogen-bond donors (Lipinski definition) is 0. The van der Waals surface area contributed by atoms with E-state index in [-0.39, 0.29) is 12.1 Å². The lowest BCUT2D eigenvalue weighted by Crippen LogP contribution is -2.45. The van der Waals surface area contributed by atoms with Crippen molar-refractivity contribution in [2.24, 2.45) is 33.7 Å². The molecule has 0 aromatic rings. The van der Waals surface area contributed by atoms with E-state index in [9.17, 15) is 9.59 Å². The van der Waals surface area contributed by atoms with Crippen LogP contribution in [0.15, 0.2) is 9.98 Å². The SMILES string of the molecule is CC(N=C=O)C1CC2CCC1C(C(C)N=C=O)C2. The largest absolute Gasteiger partial charge is 0.235 e. The van der Waals surface area contributed by atoms with Crippen LogP contribution in [-0.4, -0.2) is 24.2 Å². The number of hydrogen-bond acceptors (Lipinski definition) is 4. The van der Waals surface area contributed by atoms with E-state index >= 15 is 0 Å². The molecule has 4 heteroatoms. The Bertz CT molecular complexity index is 363.